The molecule has 0 radical (unpaired) electrons. The molecule has 0 saturated heterocycles. The van der Waals surface area contributed by atoms with E-state index in [-0.39, 0.29) is 28.8 Å². The molecule has 2 heterocycles. The van der Waals surface area contributed by atoms with Gasteiger partial charge in [0, 0.05) is 6.20 Å². The Hall–Kier alpha value is -3.27. The summed E-state index contributed by atoms with van der Waals surface area (Å²) in [5.41, 5.74) is -0.263. The molecule has 0 aliphatic heterocycles. The summed E-state index contributed by atoms with van der Waals surface area (Å²) in [6, 6.07) is 12.0. The number of rotatable bonds is 7. The number of hydrogen-bond acceptors (Lipinski definition) is 5. The zero-order valence-electron chi connectivity index (χ0n) is 15.4. The molecule has 2 aromatic heterocycles. The second-order valence-corrected chi connectivity index (χ2v) is 7.02. The van der Waals surface area contributed by atoms with Gasteiger partial charge in [0.05, 0.1) is 40.4 Å². The summed E-state index contributed by atoms with van der Waals surface area (Å²) < 4.78 is 42.9. The van der Waals surface area contributed by atoms with E-state index in [1.54, 1.807) is 36.4 Å². The molecule has 1 aromatic carbocycles. The Bertz CT molecular complexity index is 1010. The maximum atomic E-state index is 12.6. The number of furan rings is 1. The van der Waals surface area contributed by atoms with Crippen LogP contribution in [0, 0.1) is 0 Å². The van der Waals surface area contributed by atoms with E-state index in [9.17, 15) is 22.8 Å². The predicted octanol–water partition coefficient (Wildman–Crippen LogP) is 4.35. The maximum Gasteiger partial charge on any atom is 0.417 e. The normalized spacial score (nSPS) is 11.2. The van der Waals surface area contributed by atoms with Crippen molar-refractivity contribution < 1.29 is 27.2 Å². The molecule has 0 aliphatic carbocycles. The Labute approximate surface area is 173 Å². The first-order valence-corrected chi connectivity index (χ1v) is 9.67. The molecule has 0 atom stereocenters. The smallest absolute Gasteiger partial charge is 0.417 e. The van der Waals surface area contributed by atoms with Crippen LogP contribution in [0.25, 0.3) is 0 Å². The lowest BCUT2D eigenvalue weighted by atomic mass is 10.1. The van der Waals surface area contributed by atoms with E-state index in [0.717, 1.165) is 24.0 Å². The van der Waals surface area contributed by atoms with Crippen LogP contribution < -0.4 is 10.6 Å². The van der Waals surface area contributed by atoms with Crippen molar-refractivity contribution in [3.8, 4) is 0 Å². The molecule has 2 N–H and O–H groups in total. The Morgan fingerprint density at radius 1 is 1.07 bits per heavy atom. The summed E-state index contributed by atoms with van der Waals surface area (Å²) in [5.74, 6) is -0.307. The average Bonchev–Trinajstić information content (AvgIpc) is 3.24. The fraction of sp³-hybridized carbons (Fsp3) is 0.150. The molecule has 0 bridgehead atoms. The van der Waals surface area contributed by atoms with Gasteiger partial charge in [0.2, 0.25) is 5.91 Å². The molecule has 0 unspecified atom stereocenters. The maximum absolute atomic E-state index is 12.6. The lowest BCUT2D eigenvalue weighted by molar-refractivity contribution is -0.137. The van der Waals surface area contributed by atoms with Gasteiger partial charge in [-0.1, -0.05) is 23.9 Å². The highest BCUT2D eigenvalue weighted by atomic mass is 32.2. The van der Waals surface area contributed by atoms with Crippen LogP contribution in [0.5, 0.6) is 0 Å². The van der Waals surface area contributed by atoms with Crippen molar-refractivity contribution in [2.24, 2.45) is 0 Å². The second kappa shape index (κ2) is 9.49. The van der Waals surface area contributed by atoms with Gasteiger partial charge in [0.1, 0.15) is 5.76 Å². The molecule has 0 spiro atoms. The van der Waals surface area contributed by atoms with Crippen LogP contribution >= 0.6 is 11.8 Å². The molecule has 3 aromatic rings. The third kappa shape index (κ3) is 5.86. The van der Waals surface area contributed by atoms with Crippen LogP contribution in [0.4, 0.5) is 18.9 Å². The number of alkyl halides is 3. The highest BCUT2D eigenvalue weighted by Crippen LogP contribution is 2.29. The van der Waals surface area contributed by atoms with Crippen LogP contribution in [-0.4, -0.2) is 22.6 Å². The van der Waals surface area contributed by atoms with Gasteiger partial charge in [0.25, 0.3) is 5.91 Å². The van der Waals surface area contributed by atoms with E-state index in [4.69, 9.17) is 4.42 Å². The fourth-order valence-corrected chi connectivity index (χ4v) is 3.07. The van der Waals surface area contributed by atoms with Crippen LogP contribution in [0.1, 0.15) is 21.7 Å². The van der Waals surface area contributed by atoms with Gasteiger partial charge >= 0.3 is 6.18 Å². The minimum Gasteiger partial charge on any atom is -0.467 e. The largest absolute Gasteiger partial charge is 0.467 e. The van der Waals surface area contributed by atoms with Crippen LogP contribution in [-0.2, 0) is 17.5 Å². The first-order valence-electron chi connectivity index (χ1n) is 8.68. The van der Waals surface area contributed by atoms with E-state index < -0.39 is 17.6 Å². The standard InChI is InChI=1S/C20H16F3N3O3S/c21-20(22,23)13-7-8-18(24-10-13)30-12-17(27)26-16-6-2-1-5-15(16)19(28)25-11-14-4-3-9-29-14/h1-10H,11-12H2,(H,25,28)(H,26,27). The molecule has 0 fully saturated rings. The molecule has 3 rings (SSSR count). The zero-order chi connectivity index (χ0) is 21.6. The number of benzene rings is 1. The number of nitrogens with zero attached hydrogens (tertiary/aromatic N) is 1. The van der Waals surface area contributed by atoms with Gasteiger partial charge in [-0.3, -0.25) is 9.59 Å². The van der Waals surface area contributed by atoms with Crippen molar-refractivity contribution >= 4 is 29.3 Å². The minimum atomic E-state index is -4.46. The molecule has 156 valence electrons. The fourth-order valence-electron chi connectivity index (χ4n) is 2.43. The third-order valence-electron chi connectivity index (χ3n) is 3.86. The number of hydrogen-bond donors (Lipinski definition) is 2. The first kappa shape index (κ1) is 21.4. The van der Waals surface area contributed by atoms with Crippen molar-refractivity contribution in [2.45, 2.75) is 17.7 Å². The van der Waals surface area contributed by atoms with Gasteiger partial charge < -0.3 is 15.1 Å². The molecule has 6 nitrogen and oxygen atoms in total. The van der Waals surface area contributed by atoms with Gasteiger partial charge in [-0.15, -0.1) is 0 Å². The van der Waals surface area contributed by atoms with Gasteiger partial charge in [-0.05, 0) is 36.4 Å². The molecule has 2 amide bonds. The number of nitrogens with one attached hydrogen (secondary N) is 2. The Kier molecular flexibility index (Phi) is 6.78. The first-order chi connectivity index (χ1) is 14.3. The summed E-state index contributed by atoms with van der Waals surface area (Å²) in [6.45, 7) is 0.198. The predicted molar refractivity (Wildman–Crippen MR) is 105 cm³/mol. The highest BCUT2D eigenvalue weighted by Gasteiger charge is 2.30. The van der Waals surface area contributed by atoms with Crippen molar-refractivity contribution in [3.63, 3.8) is 0 Å². The number of halogens is 3. The summed E-state index contributed by atoms with van der Waals surface area (Å²) >= 11 is 0.986. The number of para-hydroxylation sites is 1. The SMILES string of the molecule is O=C(CSc1ccc(C(F)(F)F)cn1)Nc1ccccc1C(=O)NCc1ccco1. The number of amides is 2. The molecule has 0 aliphatic rings. The minimum absolute atomic E-state index is 0.0826. The molecule has 10 heteroatoms. The van der Waals surface area contributed by atoms with Gasteiger partial charge in [0.15, 0.2) is 0 Å². The van der Waals surface area contributed by atoms with Crippen LogP contribution in [0.15, 0.2) is 70.4 Å². The Morgan fingerprint density at radius 3 is 2.53 bits per heavy atom. The molecular weight excluding hydrogens is 419 g/mol. The number of thioether (sulfide) groups is 1. The van der Waals surface area contributed by atoms with E-state index in [1.807, 2.05) is 0 Å². The van der Waals surface area contributed by atoms with Crippen LogP contribution in [0.2, 0.25) is 0 Å². The molecule has 30 heavy (non-hydrogen) atoms. The number of carbonyl (C=O) groups excluding carboxylic acids is 2. The summed E-state index contributed by atoms with van der Waals surface area (Å²) in [6.07, 6.45) is -2.24. The van der Waals surface area contributed by atoms with Gasteiger partial charge in [-0.25, -0.2) is 4.98 Å². The Balaban J connectivity index is 1.57. The lowest BCUT2D eigenvalue weighted by Crippen LogP contribution is -2.25. The van der Waals surface area contributed by atoms with Crippen molar-refractivity contribution in [1.29, 1.82) is 0 Å². The number of anilines is 1. The lowest BCUT2D eigenvalue weighted by Gasteiger charge is -2.11. The average molecular weight is 435 g/mol. The van der Waals surface area contributed by atoms with E-state index in [1.165, 1.54) is 12.3 Å². The van der Waals surface area contributed by atoms with Crippen molar-refractivity contribution in [2.75, 3.05) is 11.1 Å². The summed E-state index contributed by atoms with van der Waals surface area (Å²) in [4.78, 5) is 28.4. The van der Waals surface area contributed by atoms with E-state index >= 15 is 0 Å². The Morgan fingerprint density at radius 2 is 1.87 bits per heavy atom. The number of pyridine rings is 1. The third-order valence-corrected chi connectivity index (χ3v) is 4.81. The molecular formula is C20H16F3N3O3S. The van der Waals surface area contributed by atoms with Crippen molar-refractivity contribution in [1.82, 2.24) is 10.3 Å². The summed E-state index contributed by atoms with van der Waals surface area (Å²) in [5, 5.41) is 5.62. The van der Waals surface area contributed by atoms with Gasteiger partial charge in [-0.2, -0.15) is 13.2 Å². The van der Waals surface area contributed by atoms with E-state index in [0.29, 0.717) is 11.4 Å². The van der Waals surface area contributed by atoms with E-state index in [2.05, 4.69) is 15.6 Å². The quantitative estimate of drug-likeness (QED) is 0.539. The summed E-state index contributed by atoms with van der Waals surface area (Å²) in [7, 11) is 0. The zero-order valence-corrected chi connectivity index (χ0v) is 16.2. The monoisotopic (exact) mass is 435 g/mol. The second-order valence-electron chi connectivity index (χ2n) is 6.03. The molecule has 0 saturated carbocycles. The highest BCUT2D eigenvalue weighted by molar-refractivity contribution is 7.99. The number of carbonyl (C=O) groups is 2. The van der Waals surface area contributed by atoms with Crippen LogP contribution in [0.3, 0.4) is 0 Å². The topological polar surface area (TPSA) is 84.2 Å². The number of aromatic nitrogens is 1. The van der Waals surface area contributed by atoms with Crippen molar-refractivity contribution in [3.05, 3.63) is 77.9 Å².